The van der Waals surface area contributed by atoms with Crippen LogP contribution in [0.15, 0.2) is 0 Å². The van der Waals surface area contributed by atoms with Crippen LogP contribution in [0.25, 0.3) is 0 Å². The molecule has 0 radical (unpaired) electrons. The maximum Gasteiger partial charge on any atom is 0.307 e. The zero-order chi connectivity index (χ0) is 14.1. The number of amides is 1. The molecule has 0 aromatic heterocycles. The van der Waals surface area contributed by atoms with Crippen LogP contribution < -0.4 is 0 Å². The fourth-order valence-electron chi connectivity index (χ4n) is 2.06. The summed E-state index contributed by atoms with van der Waals surface area (Å²) in [5.41, 5.74) is 0. The van der Waals surface area contributed by atoms with Crippen molar-refractivity contribution in [2.45, 2.75) is 19.3 Å². The lowest BCUT2D eigenvalue weighted by atomic mass is 10.0. The van der Waals surface area contributed by atoms with Crippen LogP contribution >= 0.6 is 0 Å². The van der Waals surface area contributed by atoms with Gasteiger partial charge < -0.3 is 19.1 Å². The Hall–Kier alpha value is -1.14. The predicted molar refractivity (Wildman–Crippen MR) is 68.6 cm³/mol. The fraction of sp³-hybridized carbons (Fsp3) is 0.846. The molecule has 1 atom stereocenters. The number of carbonyl (C=O) groups is 2. The molecule has 6 nitrogen and oxygen atoms in total. The molecule has 1 amide bonds. The molecule has 0 spiro atoms. The maximum atomic E-state index is 12.3. The van der Waals surface area contributed by atoms with E-state index in [4.69, 9.17) is 9.47 Å². The van der Waals surface area contributed by atoms with Crippen LogP contribution in [0.2, 0.25) is 0 Å². The summed E-state index contributed by atoms with van der Waals surface area (Å²) in [5, 5.41) is 0. The summed E-state index contributed by atoms with van der Waals surface area (Å²) in [6.45, 7) is 2.51. The minimum atomic E-state index is -0.310. The number of ether oxygens (including phenoxy) is 3. The van der Waals surface area contributed by atoms with E-state index >= 15 is 0 Å². The van der Waals surface area contributed by atoms with Crippen LogP contribution in [-0.2, 0) is 23.8 Å². The molecule has 1 rings (SSSR count). The first-order valence-electron chi connectivity index (χ1n) is 6.61. The van der Waals surface area contributed by atoms with Gasteiger partial charge in [0, 0.05) is 26.8 Å². The highest BCUT2D eigenvalue weighted by molar-refractivity contribution is 5.79. The summed E-state index contributed by atoms with van der Waals surface area (Å²) in [5.74, 6) is -0.362. The Bertz CT molecular complexity index is 289. The van der Waals surface area contributed by atoms with E-state index in [1.807, 2.05) is 0 Å². The van der Waals surface area contributed by atoms with Gasteiger partial charge in [-0.1, -0.05) is 0 Å². The van der Waals surface area contributed by atoms with Crippen molar-refractivity contribution in [3.8, 4) is 0 Å². The van der Waals surface area contributed by atoms with E-state index in [1.165, 1.54) is 7.11 Å². The molecule has 19 heavy (non-hydrogen) atoms. The van der Waals surface area contributed by atoms with Gasteiger partial charge in [0.1, 0.15) is 0 Å². The molecular formula is C13H23NO5. The zero-order valence-corrected chi connectivity index (χ0v) is 11.7. The molecule has 0 bridgehead atoms. The first-order valence-corrected chi connectivity index (χ1v) is 6.61. The van der Waals surface area contributed by atoms with Gasteiger partial charge >= 0.3 is 5.97 Å². The van der Waals surface area contributed by atoms with Gasteiger partial charge in [0.25, 0.3) is 0 Å². The van der Waals surface area contributed by atoms with Gasteiger partial charge in [-0.2, -0.15) is 0 Å². The number of rotatable bonds is 7. The molecule has 1 heterocycles. The van der Waals surface area contributed by atoms with Crippen LogP contribution in [0.5, 0.6) is 0 Å². The summed E-state index contributed by atoms with van der Waals surface area (Å²) in [4.78, 5) is 25.2. The normalized spacial score (nSPS) is 18.9. The largest absolute Gasteiger partial charge is 0.469 e. The highest BCUT2D eigenvalue weighted by Crippen LogP contribution is 2.16. The lowest BCUT2D eigenvalue weighted by molar-refractivity contribution is -0.144. The second-order valence-electron chi connectivity index (χ2n) is 4.56. The molecule has 0 N–H and O–H groups in total. The van der Waals surface area contributed by atoms with Gasteiger partial charge in [-0.3, -0.25) is 9.59 Å². The van der Waals surface area contributed by atoms with Crippen molar-refractivity contribution in [2.24, 2.45) is 5.92 Å². The minimum Gasteiger partial charge on any atom is -0.469 e. The Morgan fingerprint density at radius 3 is 2.68 bits per heavy atom. The molecule has 1 aliphatic heterocycles. The molecule has 0 aromatic rings. The monoisotopic (exact) mass is 273 g/mol. The van der Waals surface area contributed by atoms with Gasteiger partial charge in [0.2, 0.25) is 5.91 Å². The number of nitrogens with zero attached hydrogens (tertiary/aromatic N) is 1. The molecule has 1 aliphatic rings. The van der Waals surface area contributed by atoms with Crippen LogP contribution in [0.3, 0.4) is 0 Å². The lowest BCUT2D eigenvalue weighted by Crippen LogP contribution is -2.42. The Morgan fingerprint density at radius 2 is 2.11 bits per heavy atom. The van der Waals surface area contributed by atoms with E-state index in [9.17, 15) is 9.59 Å². The van der Waals surface area contributed by atoms with Crippen molar-refractivity contribution in [1.29, 1.82) is 0 Å². The van der Waals surface area contributed by atoms with Crippen molar-refractivity contribution < 1.29 is 23.8 Å². The summed E-state index contributed by atoms with van der Waals surface area (Å²) in [6, 6.07) is 0. The second kappa shape index (κ2) is 8.87. The number of methoxy groups -OCH3 is 2. The van der Waals surface area contributed by atoms with Gasteiger partial charge in [0.15, 0.2) is 0 Å². The predicted octanol–water partition coefficient (Wildman–Crippen LogP) is 0.451. The average Bonchev–Trinajstić information content (AvgIpc) is 2.47. The SMILES string of the molecule is COCCN(CCC(=O)OC)C(=O)C1CCCOC1. The molecule has 1 fully saturated rings. The topological polar surface area (TPSA) is 65.1 Å². The number of carbonyl (C=O) groups excluding carboxylic acids is 2. The Balaban J connectivity index is 2.50. The zero-order valence-electron chi connectivity index (χ0n) is 11.7. The highest BCUT2D eigenvalue weighted by atomic mass is 16.5. The van der Waals surface area contributed by atoms with E-state index in [2.05, 4.69) is 4.74 Å². The van der Waals surface area contributed by atoms with E-state index < -0.39 is 0 Å². The quantitative estimate of drug-likeness (QED) is 0.630. The third-order valence-electron chi connectivity index (χ3n) is 3.20. The third kappa shape index (κ3) is 5.57. The molecule has 0 saturated carbocycles. The van der Waals surface area contributed by atoms with Gasteiger partial charge in [0.05, 0.1) is 32.7 Å². The van der Waals surface area contributed by atoms with Gasteiger partial charge in [-0.05, 0) is 12.8 Å². The molecule has 1 saturated heterocycles. The summed E-state index contributed by atoms with van der Waals surface area (Å²) < 4.78 is 14.9. The molecule has 110 valence electrons. The molecule has 0 aliphatic carbocycles. The first kappa shape index (κ1) is 15.9. The molecular weight excluding hydrogens is 250 g/mol. The van der Waals surface area contributed by atoms with Crippen LogP contribution in [0.1, 0.15) is 19.3 Å². The first-order chi connectivity index (χ1) is 9.19. The second-order valence-corrected chi connectivity index (χ2v) is 4.56. The van der Waals surface area contributed by atoms with E-state index in [1.54, 1.807) is 12.0 Å². The Labute approximate surface area is 114 Å². The van der Waals surface area contributed by atoms with E-state index in [-0.39, 0.29) is 24.2 Å². The molecule has 6 heteroatoms. The number of esters is 1. The van der Waals surface area contributed by atoms with Gasteiger partial charge in [-0.25, -0.2) is 0 Å². The van der Waals surface area contributed by atoms with Crippen molar-refractivity contribution in [3.05, 3.63) is 0 Å². The summed E-state index contributed by atoms with van der Waals surface area (Å²) >= 11 is 0. The van der Waals surface area contributed by atoms with Crippen LogP contribution in [0, 0.1) is 5.92 Å². The average molecular weight is 273 g/mol. The smallest absolute Gasteiger partial charge is 0.307 e. The Kier molecular flexibility index (Phi) is 7.43. The van der Waals surface area contributed by atoms with E-state index in [0.29, 0.717) is 26.3 Å². The standard InChI is InChI=1S/C13H23NO5/c1-17-9-7-14(6-5-12(15)18-2)13(16)11-4-3-8-19-10-11/h11H,3-10H2,1-2H3. The molecule has 0 aromatic carbocycles. The van der Waals surface area contributed by atoms with Crippen LogP contribution in [0.4, 0.5) is 0 Å². The van der Waals surface area contributed by atoms with E-state index in [0.717, 1.165) is 19.4 Å². The summed E-state index contributed by atoms with van der Waals surface area (Å²) in [7, 11) is 2.94. The number of hydrogen-bond donors (Lipinski definition) is 0. The van der Waals surface area contributed by atoms with Crippen molar-refractivity contribution in [1.82, 2.24) is 4.90 Å². The third-order valence-corrected chi connectivity index (χ3v) is 3.20. The summed E-state index contributed by atoms with van der Waals surface area (Å²) in [6.07, 6.45) is 1.96. The van der Waals surface area contributed by atoms with Crippen molar-refractivity contribution in [3.63, 3.8) is 0 Å². The highest BCUT2D eigenvalue weighted by Gasteiger charge is 2.26. The fourth-order valence-corrected chi connectivity index (χ4v) is 2.06. The van der Waals surface area contributed by atoms with Gasteiger partial charge in [-0.15, -0.1) is 0 Å². The lowest BCUT2D eigenvalue weighted by Gasteiger charge is -2.29. The van der Waals surface area contributed by atoms with Crippen molar-refractivity contribution >= 4 is 11.9 Å². The molecule has 1 unspecified atom stereocenters. The number of hydrogen-bond acceptors (Lipinski definition) is 5. The Morgan fingerprint density at radius 1 is 1.32 bits per heavy atom. The van der Waals surface area contributed by atoms with Crippen molar-refractivity contribution in [2.75, 3.05) is 47.1 Å². The maximum absolute atomic E-state index is 12.3. The minimum absolute atomic E-state index is 0.0423. The van der Waals surface area contributed by atoms with Crippen LogP contribution in [-0.4, -0.2) is 63.9 Å².